The van der Waals surface area contributed by atoms with Crippen LogP contribution < -0.4 is 18.9 Å². The Labute approximate surface area is 342 Å². The Bertz CT molecular complexity index is 2660. The first-order valence-corrected chi connectivity index (χ1v) is 17.6. The number of carboxylic acid groups (broad SMARTS) is 1. The van der Waals surface area contributed by atoms with Crippen molar-refractivity contribution in [3.05, 3.63) is 165 Å². The molecule has 0 fully saturated rings. The minimum Gasteiger partial charge on any atom is -0.478 e. The quantitative estimate of drug-likeness (QED) is 0.122. The van der Waals surface area contributed by atoms with E-state index in [-0.39, 0.29) is 45.0 Å². The number of esters is 1. The molecular weight excluding hydrogens is 783 g/mol. The summed E-state index contributed by atoms with van der Waals surface area (Å²) >= 11 is 12.3. The van der Waals surface area contributed by atoms with Gasteiger partial charge in [0.15, 0.2) is 0 Å². The van der Waals surface area contributed by atoms with E-state index in [1.165, 1.54) is 54.6 Å². The molecule has 0 aliphatic carbocycles. The maximum Gasteiger partial charge on any atom is 0.338 e. The van der Waals surface area contributed by atoms with Crippen LogP contribution in [0.4, 0.5) is 0 Å². The third-order valence-corrected chi connectivity index (χ3v) is 8.12. The molecule has 58 heavy (non-hydrogen) atoms. The lowest BCUT2D eigenvalue weighted by Crippen LogP contribution is -2.05. The van der Waals surface area contributed by atoms with Gasteiger partial charge in [0.25, 0.3) is 0 Å². The van der Waals surface area contributed by atoms with Gasteiger partial charge in [-0.1, -0.05) is 23.2 Å². The van der Waals surface area contributed by atoms with Crippen LogP contribution in [-0.4, -0.2) is 23.7 Å². The summed E-state index contributed by atoms with van der Waals surface area (Å²) in [6.07, 6.45) is 0. The SMILES string of the molecule is CCOC(=O)c1cc(Oc2ccc(C#N)cc2)cc(Oc2ccc(C#N)cc2Cl)c1.N#Cc1ccc(Oc2cc(Oc3ccc(C#N)cc3Cl)cc(C(=O)O)c2)cc1. The Morgan fingerprint density at radius 1 is 0.500 bits per heavy atom. The molecule has 6 aromatic carbocycles. The molecule has 0 unspecified atom stereocenters. The number of hydrogen-bond donors (Lipinski definition) is 1. The largest absolute Gasteiger partial charge is 0.478 e. The molecule has 1 N–H and O–H groups in total. The predicted octanol–water partition coefficient (Wildman–Crippen LogP) is 11.2. The number of aromatic carboxylic acids is 1. The number of halogens is 2. The minimum absolute atomic E-state index is 0.0362. The minimum atomic E-state index is -1.15. The molecule has 0 aliphatic rings. The van der Waals surface area contributed by atoms with Gasteiger partial charge < -0.3 is 28.8 Å². The van der Waals surface area contributed by atoms with Crippen LogP contribution in [0.1, 0.15) is 49.9 Å². The second-order valence-electron chi connectivity index (χ2n) is 11.6. The van der Waals surface area contributed by atoms with E-state index in [0.717, 1.165) is 0 Å². The standard InChI is InChI=1S/C23H15ClN2O4.C21H11ClN2O4/c1-2-28-23(27)17-10-19(29-18-6-3-15(13-25)4-7-18)12-20(11-17)30-22-8-5-16(14-26)9-21(22)24;22-19-7-14(12-24)3-6-20(19)28-18-9-15(21(25)26)8-17(10-18)27-16-4-1-13(11-23)2-5-16/h3-12H,2H2,1H3;1-10H,(H,25,26). The zero-order valence-corrected chi connectivity index (χ0v) is 31.6. The Morgan fingerprint density at radius 3 is 1.21 bits per heavy atom. The van der Waals surface area contributed by atoms with E-state index in [1.54, 1.807) is 73.7 Å². The molecule has 284 valence electrons. The molecule has 0 atom stereocenters. The zero-order chi connectivity index (χ0) is 41.6. The number of nitrogens with zero attached hydrogens (tertiary/aromatic N) is 4. The summed E-state index contributed by atoms with van der Waals surface area (Å²) in [7, 11) is 0. The normalized spacial score (nSPS) is 9.84. The van der Waals surface area contributed by atoms with Crippen molar-refractivity contribution in [3.63, 3.8) is 0 Å². The summed E-state index contributed by atoms with van der Waals surface area (Å²) < 4.78 is 28.1. The van der Waals surface area contributed by atoms with E-state index in [9.17, 15) is 14.7 Å². The third kappa shape index (κ3) is 11.3. The molecule has 0 bridgehead atoms. The Kier molecular flexibility index (Phi) is 13.9. The highest BCUT2D eigenvalue weighted by Gasteiger charge is 2.15. The number of hydrogen-bond acceptors (Lipinski definition) is 11. The lowest BCUT2D eigenvalue weighted by Gasteiger charge is -2.13. The molecule has 0 amide bonds. The molecule has 0 radical (unpaired) electrons. The van der Waals surface area contributed by atoms with Crippen LogP contribution in [0.3, 0.4) is 0 Å². The summed E-state index contributed by atoms with van der Waals surface area (Å²) in [4.78, 5) is 23.7. The maximum atomic E-state index is 12.3. The topological polar surface area (TPSA) is 196 Å². The van der Waals surface area contributed by atoms with E-state index in [1.807, 2.05) is 24.3 Å². The molecule has 14 heteroatoms. The monoisotopic (exact) mass is 808 g/mol. The molecule has 0 aromatic heterocycles. The van der Waals surface area contributed by atoms with Gasteiger partial charge in [-0.25, -0.2) is 9.59 Å². The van der Waals surface area contributed by atoms with Gasteiger partial charge in [-0.3, -0.25) is 0 Å². The van der Waals surface area contributed by atoms with Crippen molar-refractivity contribution in [3.8, 4) is 70.3 Å². The Hall–Kier alpha value is -8.00. The lowest BCUT2D eigenvalue weighted by molar-refractivity contribution is 0.0525. The highest BCUT2D eigenvalue weighted by Crippen LogP contribution is 2.36. The van der Waals surface area contributed by atoms with E-state index in [0.29, 0.717) is 51.0 Å². The second kappa shape index (κ2) is 19.5. The van der Waals surface area contributed by atoms with Crippen molar-refractivity contribution >= 4 is 35.1 Å². The van der Waals surface area contributed by atoms with Gasteiger partial charge in [-0.2, -0.15) is 21.0 Å². The van der Waals surface area contributed by atoms with Crippen LogP contribution in [0, 0.1) is 45.3 Å². The molecule has 6 aromatic rings. The van der Waals surface area contributed by atoms with Crippen molar-refractivity contribution < 1.29 is 38.4 Å². The lowest BCUT2D eigenvalue weighted by atomic mass is 10.2. The van der Waals surface area contributed by atoms with Gasteiger partial charge in [0, 0.05) is 12.1 Å². The van der Waals surface area contributed by atoms with E-state index < -0.39 is 11.9 Å². The predicted molar refractivity (Wildman–Crippen MR) is 211 cm³/mol. The van der Waals surface area contributed by atoms with Gasteiger partial charge in [0.2, 0.25) is 0 Å². The van der Waals surface area contributed by atoms with E-state index >= 15 is 0 Å². The highest BCUT2D eigenvalue weighted by atomic mass is 35.5. The van der Waals surface area contributed by atoms with Crippen LogP contribution in [0.15, 0.2) is 121 Å². The molecule has 0 saturated carbocycles. The van der Waals surface area contributed by atoms with Crippen LogP contribution in [-0.2, 0) is 4.74 Å². The summed E-state index contributed by atoms with van der Waals surface area (Å²) in [5, 5.41) is 45.4. The number of carbonyl (C=O) groups excluding carboxylic acids is 1. The number of carboxylic acids is 1. The maximum absolute atomic E-state index is 12.3. The van der Waals surface area contributed by atoms with Gasteiger partial charge in [0.1, 0.15) is 46.0 Å². The van der Waals surface area contributed by atoms with Crippen LogP contribution in [0.5, 0.6) is 46.0 Å². The van der Waals surface area contributed by atoms with Crippen LogP contribution in [0.25, 0.3) is 0 Å². The molecule has 12 nitrogen and oxygen atoms in total. The van der Waals surface area contributed by atoms with Gasteiger partial charge in [-0.15, -0.1) is 0 Å². The van der Waals surface area contributed by atoms with Crippen LogP contribution in [0.2, 0.25) is 10.0 Å². The van der Waals surface area contributed by atoms with E-state index in [2.05, 4.69) is 0 Å². The van der Waals surface area contributed by atoms with Crippen molar-refractivity contribution in [1.82, 2.24) is 0 Å². The molecule has 0 heterocycles. The van der Waals surface area contributed by atoms with Gasteiger partial charge >= 0.3 is 11.9 Å². The second-order valence-corrected chi connectivity index (χ2v) is 12.4. The summed E-state index contributed by atoms with van der Waals surface area (Å²) in [6, 6.07) is 38.9. The average molecular weight is 810 g/mol. The zero-order valence-electron chi connectivity index (χ0n) is 30.1. The van der Waals surface area contributed by atoms with Crippen molar-refractivity contribution in [2.45, 2.75) is 6.92 Å². The number of ether oxygens (including phenoxy) is 5. The van der Waals surface area contributed by atoms with Crippen LogP contribution >= 0.6 is 23.2 Å². The number of benzene rings is 6. The van der Waals surface area contributed by atoms with Crippen molar-refractivity contribution in [2.75, 3.05) is 6.61 Å². The first kappa shape index (κ1) is 41.2. The fourth-order valence-corrected chi connectivity index (χ4v) is 5.30. The van der Waals surface area contributed by atoms with Gasteiger partial charge in [0.05, 0.1) is 74.3 Å². The first-order valence-electron chi connectivity index (χ1n) is 16.8. The Morgan fingerprint density at radius 2 is 0.862 bits per heavy atom. The molecule has 6 rings (SSSR count). The smallest absolute Gasteiger partial charge is 0.338 e. The summed E-state index contributed by atoms with van der Waals surface area (Å²) in [6.45, 7) is 1.93. The number of rotatable bonds is 11. The van der Waals surface area contributed by atoms with E-state index in [4.69, 9.17) is 67.9 Å². The van der Waals surface area contributed by atoms with Crippen molar-refractivity contribution in [1.29, 1.82) is 21.0 Å². The molecular formula is C44H26Cl2N4O8. The highest BCUT2D eigenvalue weighted by molar-refractivity contribution is 6.32. The fourth-order valence-electron chi connectivity index (χ4n) is 4.86. The Balaban J connectivity index is 0.000000221. The number of nitriles is 4. The third-order valence-electron chi connectivity index (χ3n) is 7.53. The first-order chi connectivity index (χ1) is 28.0. The fraction of sp³-hybridized carbons (Fsp3) is 0.0455. The molecule has 0 spiro atoms. The number of carbonyl (C=O) groups is 2. The van der Waals surface area contributed by atoms with Gasteiger partial charge in [-0.05, 0) is 116 Å². The summed E-state index contributed by atoms with van der Waals surface area (Å²) in [5.74, 6) is 0.912. The summed E-state index contributed by atoms with van der Waals surface area (Å²) in [5.41, 5.74) is 1.96. The van der Waals surface area contributed by atoms with Crippen molar-refractivity contribution in [2.24, 2.45) is 0 Å². The average Bonchev–Trinajstić information content (AvgIpc) is 3.23. The molecule has 0 saturated heterocycles. The molecule has 0 aliphatic heterocycles.